The number of benzene rings is 2. The Bertz CT molecular complexity index is 837. The maximum atomic E-state index is 12.4. The number of aryl methyl sites for hydroxylation is 3. The lowest BCUT2D eigenvalue weighted by atomic mass is 10.1. The predicted molar refractivity (Wildman–Crippen MR) is 101 cm³/mol. The minimum absolute atomic E-state index is 0.0152. The second-order valence-corrected chi connectivity index (χ2v) is 6.69. The van der Waals surface area contributed by atoms with Crippen molar-refractivity contribution in [2.45, 2.75) is 26.9 Å². The number of primary amides is 1. The summed E-state index contributed by atoms with van der Waals surface area (Å²) in [6, 6.07) is 10.8. The summed E-state index contributed by atoms with van der Waals surface area (Å²) < 4.78 is 6.03. The maximum absolute atomic E-state index is 12.4. The van der Waals surface area contributed by atoms with Crippen LogP contribution in [-0.2, 0) is 0 Å². The molecule has 3 amide bonds. The van der Waals surface area contributed by atoms with Gasteiger partial charge < -0.3 is 20.7 Å². The fourth-order valence-corrected chi connectivity index (χ4v) is 2.93. The number of para-hydroxylation sites is 1. The molecule has 1 aliphatic rings. The molecule has 0 aliphatic carbocycles. The molecule has 1 fully saturated rings. The van der Waals surface area contributed by atoms with Gasteiger partial charge in [0.1, 0.15) is 11.9 Å². The standard InChI is InChI=1S/C20H23N3O3/c1-12-7-8-15(19(21)24)9-17(12)22-20(25)23-10-16(11-23)26-18-13(2)5-4-6-14(18)3/h4-9,16H,10-11H2,1-3H3,(H2,21,24)(H,22,25). The summed E-state index contributed by atoms with van der Waals surface area (Å²) in [5.74, 6) is 0.370. The molecule has 136 valence electrons. The molecule has 0 aromatic heterocycles. The number of nitrogens with one attached hydrogen (secondary N) is 1. The molecule has 3 rings (SSSR count). The van der Waals surface area contributed by atoms with E-state index in [0.29, 0.717) is 24.3 Å². The minimum atomic E-state index is -0.522. The van der Waals surface area contributed by atoms with Crippen LogP contribution in [0.1, 0.15) is 27.0 Å². The summed E-state index contributed by atoms with van der Waals surface area (Å²) in [6.07, 6.45) is -0.0152. The maximum Gasteiger partial charge on any atom is 0.322 e. The van der Waals surface area contributed by atoms with E-state index in [1.54, 1.807) is 23.1 Å². The van der Waals surface area contributed by atoms with Crippen molar-refractivity contribution < 1.29 is 14.3 Å². The van der Waals surface area contributed by atoms with Crippen LogP contribution in [0.3, 0.4) is 0 Å². The minimum Gasteiger partial charge on any atom is -0.486 e. The van der Waals surface area contributed by atoms with E-state index >= 15 is 0 Å². The molecule has 0 unspecified atom stereocenters. The van der Waals surface area contributed by atoms with Crippen molar-refractivity contribution in [3.8, 4) is 5.75 Å². The highest BCUT2D eigenvalue weighted by atomic mass is 16.5. The van der Waals surface area contributed by atoms with Crippen molar-refractivity contribution >= 4 is 17.6 Å². The molecule has 3 N–H and O–H groups in total. The number of hydrogen-bond acceptors (Lipinski definition) is 3. The average molecular weight is 353 g/mol. The molecule has 26 heavy (non-hydrogen) atoms. The van der Waals surface area contributed by atoms with Crippen LogP contribution in [-0.4, -0.2) is 36.0 Å². The van der Waals surface area contributed by atoms with Crippen LogP contribution in [0.5, 0.6) is 5.75 Å². The van der Waals surface area contributed by atoms with E-state index in [0.717, 1.165) is 22.4 Å². The number of carbonyl (C=O) groups excluding carboxylic acids is 2. The number of nitrogens with zero attached hydrogens (tertiary/aromatic N) is 1. The molecule has 2 aromatic rings. The first-order chi connectivity index (χ1) is 12.3. The Balaban J connectivity index is 1.59. The first-order valence-electron chi connectivity index (χ1n) is 8.54. The Morgan fingerprint density at radius 3 is 2.35 bits per heavy atom. The fraction of sp³-hybridized carbons (Fsp3) is 0.300. The molecule has 0 radical (unpaired) electrons. The zero-order chi connectivity index (χ0) is 18.8. The highest BCUT2D eigenvalue weighted by Gasteiger charge is 2.33. The molecule has 2 aromatic carbocycles. The van der Waals surface area contributed by atoms with Gasteiger partial charge in [-0.25, -0.2) is 4.79 Å². The van der Waals surface area contributed by atoms with E-state index in [1.165, 1.54) is 0 Å². The fourth-order valence-electron chi connectivity index (χ4n) is 2.93. The van der Waals surface area contributed by atoms with Gasteiger partial charge >= 0.3 is 6.03 Å². The summed E-state index contributed by atoms with van der Waals surface area (Å²) in [5, 5.41) is 2.84. The number of hydrogen-bond donors (Lipinski definition) is 2. The third kappa shape index (κ3) is 3.64. The number of carbonyl (C=O) groups is 2. The van der Waals surface area contributed by atoms with Crippen molar-refractivity contribution in [3.05, 3.63) is 58.7 Å². The van der Waals surface area contributed by atoms with E-state index in [4.69, 9.17) is 10.5 Å². The van der Waals surface area contributed by atoms with Crippen LogP contribution in [0.2, 0.25) is 0 Å². The van der Waals surface area contributed by atoms with Gasteiger partial charge in [0, 0.05) is 11.3 Å². The predicted octanol–water partition coefficient (Wildman–Crippen LogP) is 3.01. The monoisotopic (exact) mass is 353 g/mol. The Labute approximate surface area is 152 Å². The van der Waals surface area contributed by atoms with Gasteiger partial charge in [0.05, 0.1) is 13.1 Å². The summed E-state index contributed by atoms with van der Waals surface area (Å²) in [7, 11) is 0. The SMILES string of the molecule is Cc1ccc(C(N)=O)cc1NC(=O)N1CC(Oc2c(C)cccc2C)C1. The Kier molecular flexibility index (Phi) is 4.84. The summed E-state index contributed by atoms with van der Waals surface area (Å²) >= 11 is 0. The molecule has 1 saturated heterocycles. The third-order valence-corrected chi connectivity index (χ3v) is 4.59. The smallest absolute Gasteiger partial charge is 0.322 e. The van der Waals surface area contributed by atoms with Gasteiger partial charge in [-0.05, 0) is 49.6 Å². The molecule has 0 atom stereocenters. The largest absolute Gasteiger partial charge is 0.486 e. The zero-order valence-corrected chi connectivity index (χ0v) is 15.2. The van der Waals surface area contributed by atoms with Gasteiger partial charge in [-0.3, -0.25) is 4.79 Å². The number of amides is 3. The number of rotatable bonds is 4. The van der Waals surface area contributed by atoms with Crippen LogP contribution in [0.4, 0.5) is 10.5 Å². The molecule has 6 nitrogen and oxygen atoms in total. The first kappa shape index (κ1) is 17.8. The summed E-state index contributed by atoms with van der Waals surface area (Å²) in [6.45, 7) is 6.94. The molecule has 0 spiro atoms. The topological polar surface area (TPSA) is 84.7 Å². The highest BCUT2D eigenvalue weighted by molar-refractivity contribution is 5.96. The van der Waals surface area contributed by atoms with Crippen molar-refractivity contribution in [2.24, 2.45) is 5.73 Å². The molecule has 1 heterocycles. The lowest BCUT2D eigenvalue weighted by Crippen LogP contribution is -2.57. The van der Waals surface area contributed by atoms with Crippen molar-refractivity contribution in [3.63, 3.8) is 0 Å². The Morgan fingerprint density at radius 2 is 1.73 bits per heavy atom. The summed E-state index contributed by atoms with van der Waals surface area (Å²) in [4.78, 5) is 25.4. The molecular formula is C20H23N3O3. The van der Waals surface area contributed by atoms with Crippen LogP contribution in [0, 0.1) is 20.8 Å². The van der Waals surface area contributed by atoms with E-state index in [2.05, 4.69) is 5.32 Å². The van der Waals surface area contributed by atoms with Gasteiger partial charge in [-0.2, -0.15) is 0 Å². The van der Waals surface area contributed by atoms with Gasteiger partial charge in [-0.1, -0.05) is 24.3 Å². The Morgan fingerprint density at radius 1 is 1.08 bits per heavy atom. The third-order valence-electron chi connectivity index (χ3n) is 4.59. The van der Waals surface area contributed by atoms with E-state index in [1.807, 2.05) is 39.0 Å². The van der Waals surface area contributed by atoms with Gasteiger partial charge in [-0.15, -0.1) is 0 Å². The van der Waals surface area contributed by atoms with Crippen LogP contribution >= 0.6 is 0 Å². The van der Waals surface area contributed by atoms with Gasteiger partial charge in [0.2, 0.25) is 5.91 Å². The average Bonchev–Trinajstić information content (AvgIpc) is 2.54. The van der Waals surface area contributed by atoms with Crippen LogP contribution in [0.15, 0.2) is 36.4 Å². The van der Waals surface area contributed by atoms with Crippen LogP contribution in [0.25, 0.3) is 0 Å². The number of anilines is 1. The van der Waals surface area contributed by atoms with Gasteiger partial charge in [0.15, 0.2) is 0 Å². The van der Waals surface area contributed by atoms with Crippen molar-refractivity contribution in [1.82, 2.24) is 4.90 Å². The highest BCUT2D eigenvalue weighted by Crippen LogP contribution is 2.26. The quantitative estimate of drug-likeness (QED) is 0.886. The summed E-state index contributed by atoms with van der Waals surface area (Å²) in [5.41, 5.74) is 9.30. The number of urea groups is 1. The van der Waals surface area contributed by atoms with E-state index in [9.17, 15) is 9.59 Å². The van der Waals surface area contributed by atoms with E-state index in [-0.39, 0.29) is 12.1 Å². The normalized spacial score (nSPS) is 13.9. The second kappa shape index (κ2) is 7.07. The van der Waals surface area contributed by atoms with Crippen molar-refractivity contribution in [2.75, 3.05) is 18.4 Å². The number of nitrogens with two attached hydrogens (primary N) is 1. The molecule has 0 bridgehead atoms. The number of ether oxygens (including phenoxy) is 1. The van der Waals surface area contributed by atoms with Crippen molar-refractivity contribution in [1.29, 1.82) is 0 Å². The molecule has 0 saturated carbocycles. The lowest BCUT2D eigenvalue weighted by Gasteiger charge is -2.39. The second-order valence-electron chi connectivity index (χ2n) is 6.69. The first-order valence-corrected chi connectivity index (χ1v) is 8.54. The Hall–Kier alpha value is -3.02. The van der Waals surface area contributed by atoms with E-state index < -0.39 is 5.91 Å². The van der Waals surface area contributed by atoms with Crippen LogP contribution < -0.4 is 15.8 Å². The zero-order valence-electron chi connectivity index (χ0n) is 15.2. The molecule has 6 heteroatoms. The molecular weight excluding hydrogens is 330 g/mol. The number of likely N-dealkylation sites (tertiary alicyclic amines) is 1. The van der Waals surface area contributed by atoms with Gasteiger partial charge in [0.25, 0.3) is 0 Å². The lowest BCUT2D eigenvalue weighted by molar-refractivity contribution is 0.0483. The molecule has 1 aliphatic heterocycles.